The fraction of sp³-hybridized carbons (Fsp3) is 0.119. The van der Waals surface area contributed by atoms with E-state index in [1.165, 1.54) is 98.7 Å². The van der Waals surface area contributed by atoms with Gasteiger partial charge in [-0.1, -0.05) is 209 Å². The van der Waals surface area contributed by atoms with Crippen molar-refractivity contribution in [2.75, 3.05) is 0 Å². The smallest absolute Gasteiger partial charge is 0.0146 e. The zero-order valence-electron chi connectivity index (χ0n) is 35.1. The van der Waals surface area contributed by atoms with Crippen LogP contribution < -0.4 is 0 Å². The van der Waals surface area contributed by atoms with Crippen LogP contribution in [0.4, 0.5) is 0 Å². The van der Waals surface area contributed by atoms with Gasteiger partial charge in [-0.15, -0.1) is 0 Å². The van der Waals surface area contributed by atoms with E-state index in [-0.39, 0.29) is 5.41 Å². The van der Waals surface area contributed by atoms with Crippen molar-refractivity contribution < 1.29 is 0 Å². The lowest BCUT2D eigenvalue weighted by atomic mass is 9.74. The van der Waals surface area contributed by atoms with Crippen molar-refractivity contribution in [2.45, 2.75) is 47.0 Å². The molecule has 10 rings (SSSR count). The van der Waals surface area contributed by atoms with Gasteiger partial charge in [-0.2, -0.15) is 0 Å². The average molecular weight is 761 g/mol. The van der Waals surface area contributed by atoms with Crippen LogP contribution in [0, 0.1) is 6.92 Å². The molecule has 9 aromatic carbocycles. The molecule has 1 aliphatic rings. The van der Waals surface area contributed by atoms with E-state index < -0.39 is 0 Å². The van der Waals surface area contributed by atoms with E-state index in [1.54, 1.807) is 0 Å². The molecule has 9 aromatic rings. The van der Waals surface area contributed by atoms with Crippen molar-refractivity contribution in [3.05, 3.63) is 228 Å². The molecule has 0 heteroatoms. The highest BCUT2D eigenvalue weighted by Crippen LogP contribution is 2.46. The monoisotopic (exact) mass is 760 g/mol. The first-order chi connectivity index (χ1) is 28.9. The highest BCUT2D eigenvalue weighted by atomic mass is 14.3. The quantitative estimate of drug-likeness (QED) is 0.117. The van der Waals surface area contributed by atoms with Crippen molar-refractivity contribution >= 4 is 54.7 Å². The minimum absolute atomic E-state index is 0.147. The third kappa shape index (κ3) is 7.80. The summed E-state index contributed by atoms with van der Waals surface area (Å²) in [4.78, 5) is 0. The van der Waals surface area contributed by atoms with Crippen LogP contribution in [0.3, 0.4) is 0 Å². The molecule has 0 saturated carbocycles. The summed E-state index contributed by atoms with van der Waals surface area (Å²) in [7, 11) is 0. The lowest BCUT2D eigenvalue weighted by Crippen LogP contribution is -2.19. The van der Waals surface area contributed by atoms with Gasteiger partial charge < -0.3 is 0 Å². The summed E-state index contributed by atoms with van der Waals surface area (Å²) in [5.74, 6) is 0. The molecule has 0 aliphatic heterocycles. The lowest BCUT2D eigenvalue weighted by molar-refractivity contribution is 0.639. The molecule has 0 N–H and O–H groups in total. The van der Waals surface area contributed by atoms with Gasteiger partial charge in [-0.3, -0.25) is 0 Å². The van der Waals surface area contributed by atoms with Gasteiger partial charge in [0, 0.05) is 5.41 Å². The van der Waals surface area contributed by atoms with E-state index in [0.29, 0.717) is 0 Å². The van der Waals surface area contributed by atoms with Gasteiger partial charge >= 0.3 is 0 Å². The van der Waals surface area contributed by atoms with Crippen molar-refractivity contribution in [1.29, 1.82) is 0 Å². The van der Waals surface area contributed by atoms with Gasteiger partial charge in [-0.25, -0.2) is 0 Å². The van der Waals surface area contributed by atoms with Crippen LogP contribution in [-0.2, 0) is 5.41 Å². The van der Waals surface area contributed by atoms with Gasteiger partial charge in [0.25, 0.3) is 0 Å². The van der Waals surface area contributed by atoms with Crippen molar-refractivity contribution in [1.82, 2.24) is 0 Å². The maximum atomic E-state index is 2.41. The van der Waals surface area contributed by atoms with Crippen molar-refractivity contribution in [3.63, 3.8) is 0 Å². The summed E-state index contributed by atoms with van der Waals surface area (Å²) in [5.41, 5.74) is 12.7. The molecule has 0 radical (unpaired) electrons. The van der Waals surface area contributed by atoms with E-state index in [9.17, 15) is 0 Å². The Morgan fingerprint density at radius 1 is 0.458 bits per heavy atom. The van der Waals surface area contributed by atoms with E-state index in [2.05, 4.69) is 216 Å². The number of fused-ring (bicyclic) bond motifs is 7. The van der Waals surface area contributed by atoms with Crippen LogP contribution in [0.25, 0.3) is 77.0 Å². The number of hydrogen-bond acceptors (Lipinski definition) is 0. The van der Waals surface area contributed by atoms with Crippen LogP contribution in [0.2, 0.25) is 0 Å². The number of aryl methyl sites for hydroxylation is 1. The van der Waals surface area contributed by atoms with E-state index >= 15 is 0 Å². The molecule has 0 nitrogen and oxygen atoms in total. The predicted octanol–water partition coefficient (Wildman–Crippen LogP) is 17.0. The third-order valence-corrected chi connectivity index (χ3v) is 11.7. The van der Waals surface area contributed by atoms with Crippen LogP contribution in [0.15, 0.2) is 206 Å². The fourth-order valence-corrected chi connectivity index (χ4v) is 8.43. The highest BCUT2D eigenvalue weighted by molar-refractivity contribution is 6.12. The summed E-state index contributed by atoms with van der Waals surface area (Å²) < 4.78 is 0. The zero-order valence-corrected chi connectivity index (χ0v) is 35.1. The first kappa shape index (κ1) is 39.1. The Bertz CT molecular complexity index is 3030. The summed E-state index contributed by atoms with van der Waals surface area (Å²) in [6, 6.07) is 66.3. The number of rotatable bonds is 6. The second-order valence-electron chi connectivity index (χ2n) is 15.8. The molecular weight excluding hydrogens is 709 g/mol. The van der Waals surface area contributed by atoms with Crippen LogP contribution in [-0.4, -0.2) is 0 Å². The van der Waals surface area contributed by atoms with Crippen LogP contribution in [0.1, 0.15) is 56.9 Å². The summed E-state index contributed by atoms with van der Waals surface area (Å²) in [6.07, 6.45) is 9.23. The Labute approximate surface area is 350 Å². The van der Waals surface area contributed by atoms with Crippen molar-refractivity contribution in [2.24, 2.45) is 0 Å². The van der Waals surface area contributed by atoms with Gasteiger partial charge in [-0.05, 0) is 137 Å². The van der Waals surface area contributed by atoms with Crippen LogP contribution in [0.5, 0.6) is 0 Å². The number of allylic oxidation sites excluding steroid dienone is 5. The molecular formula is C59H52. The Hall–Kier alpha value is -6.76. The third-order valence-electron chi connectivity index (χ3n) is 11.7. The molecule has 1 aliphatic carbocycles. The zero-order chi connectivity index (χ0) is 40.9. The van der Waals surface area contributed by atoms with Gasteiger partial charge in [0.05, 0.1) is 0 Å². The molecule has 59 heavy (non-hydrogen) atoms. The molecule has 0 saturated heterocycles. The summed E-state index contributed by atoms with van der Waals surface area (Å²) in [6.45, 7) is 12.9. The molecule has 0 heterocycles. The molecule has 0 bridgehead atoms. The van der Waals surface area contributed by atoms with E-state index in [1.807, 2.05) is 32.0 Å². The van der Waals surface area contributed by atoms with Crippen LogP contribution >= 0.6 is 0 Å². The number of benzene rings is 9. The largest absolute Gasteiger partial charge is 0.0874 e. The molecule has 0 spiro atoms. The van der Waals surface area contributed by atoms with Crippen molar-refractivity contribution in [3.8, 4) is 22.3 Å². The Morgan fingerprint density at radius 2 is 0.983 bits per heavy atom. The van der Waals surface area contributed by atoms with Gasteiger partial charge in [0.2, 0.25) is 0 Å². The molecule has 0 aromatic heterocycles. The Morgan fingerprint density at radius 3 is 1.63 bits per heavy atom. The predicted molar refractivity (Wildman–Crippen MR) is 260 cm³/mol. The Balaban J connectivity index is 0.000000484. The van der Waals surface area contributed by atoms with E-state index in [4.69, 9.17) is 0 Å². The first-order valence-corrected chi connectivity index (χ1v) is 21.0. The summed E-state index contributed by atoms with van der Waals surface area (Å²) in [5, 5.41) is 10.2. The maximum Gasteiger partial charge on any atom is 0.0146 e. The summed E-state index contributed by atoms with van der Waals surface area (Å²) >= 11 is 0. The second kappa shape index (κ2) is 17.0. The Kier molecular flexibility index (Phi) is 11.3. The lowest BCUT2D eigenvalue weighted by Gasteiger charge is -2.30. The molecule has 0 atom stereocenters. The molecule has 0 fully saturated rings. The standard InChI is InChI=1S/C50H38.C7H8.C2H6/c1-4-12-42(50(2,3)41-15-6-5-7-16-41)28-40-32-49-47(38-25-26-45-37(27-38)24-22-33-13-8-10-17-43(33)45)30-39(31-48(40)49)36-23-21-35-20-19-34-14-9-11-18-44(34)46(35)29-36;1-7-5-3-2-4-6-7;1-2/h4-32H,1-3H3;2-6H,1H3;1-2H3/b12-4-,42-28+;;. The highest BCUT2D eigenvalue weighted by Gasteiger charge is 2.27. The fourth-order valence-electron chi connectivity index (χ4n) is 8.43. The van der Waals surface area contributed by atoms with E-state index in [0.717, 1.165) is 0 Å². The number of hydrogen-bond donors (Lipinski definition) is 0. The average Bonchev–Trinajstić information content (AvgIpc) is 3.28. The first-order valence-electron chi connectivity index (χ1n) is 21.0. The topological polar surface area (TPSA) is 0 Å². The minimum atomic E-state index is -0.147. The molecule has 0 amide bonds. The molecule has 0 unspecified atom stereocenters. The maximum absolute atomic E-state index is 2.41. The van der Waals surface area contributed by atoms with Gasteiger partial charge in [0.1, 0.15) is 0 Å². The minimum Gasteiger partial charge on any atom is -0.0874 e. The van der Waals surface area contributed by atoms with Gasteiger partial charge in [0.15, 0.2) is 0 Å². The normalized spacial score (nSPS) is 12.4. The second-order valence-corrected chi connectivity index (χ2v) is 15.8. The molecule has 288 valence electrons. The SMILES string of the molecule is C/C=C\C(=C/C1=Cc2c1cc(-c1ccc3ccc4ccccc4c3c1)cc2-c1ccc2c(ccc3ccccc32)c1)C(C)(C)c1ccccc1.CC.Cc1ccccc1.